The second-order valence-electron chi connectivity index (χ2n) is 5.83. The first-order valence-corrected chi connectivity index (χ1v) is 8.37. The van der Waals surface area contributed by atoms with Crippen LogP contribution in [0.1, 0.15) is 54.4 Å². The van der Waals surface area contributed by atoms with Crippen LogP contribution in [0.15, 0.2) is 5.38 Å². The van der Waals surface area contributed by atoms with E-state index in [0.29, 0.717) is 16.5 Å². The maximum atomic E-state index is 12.6. The monoisotopic (exact) mass is 335 g/mol. The summed E-state index contributed by atoms with van der Waals surface area (Å²) in [5.74, 6) is -1.10. The van der Waals surface area contributed by atoms with Crippen molar-refractivity contribution < 1.29 is 19.2 Å². The minimum Gasteiger partial charge on any atom is -0.340 e. The predicted octanol–water partition coefficient (Wildman–Crippen LogP) is 1.12. The number of hydrogen-bond acceptors (Lipinski definition) is 5. The van der Waals surface area contributed by atoms with E-state index in [9.17, 15) is 19.2 Å². The lowest BCUT2D eigenvalue weighted by Crippen LogP contribution is -2.52. The third-order valence-electron chi connectivity index (χ3n) is 3.90. The molecule has 1 saturated heterocycles. The molecular formula is C15H17N3O4S. The van der Waals surface area contributed by atoms with Gasteiger partial charge in [-0.05, 0) is 36.1 Å². The van der Waals surface area contributed by atoms with Crippen molar-refractivity contribution in [2.45, 2.75) is 44.6 Å². The quantitative estimate of drug-likeness (QED) is 0.717. The highest BCUT2D eigenvalue weighted by Gasteiger charge is 2.34. The van der Waals surface area contributed by atoms with Crippen LogP contribution < -0.4 is 16.0 Å². The number of piperidine rings is 1. The van der Waals surface area contributed by atoms with E-state index in [-0.39, 0.29) is 30.6 Å². The molecule has 0 bridgehead atoms. The van der Waals surface area contributed by atoms with E-state index in [2.05, 4.69) is 16.0 Å². The van der Waals surface area contributed by atoms with Gasteiger partial charge in [0.1, 0.15) is 11.0 Å². The molecule has 8 heteroatoms. The zero-order valence-electron chi connectivity index (χ0n) is 12.6. The zero-order chi connectivity index (χ0) is 16.6. The summed E-state index contributed by atoms with van der Waals surface area (Å²) in [5.41, 5.74) is 1.36. The molecule has 0 aromatic carbocycles. The minimum absolute atomic E-state index is 0.203. The topological polar surface area (TPSA) is 104 Å². The highest BCUT2D eigenvalue weighted by Crippen LogP contribution is 2.45. The molecule has 2 heterocycles. The van der Waals surface area contributed by atoms with E-state index in [4.69, 9.17) is 0 Å². The Morgan fingerprint density at radius 1 is 1.26 bits per heavy atom. The number of imide groups is 1. The number of thiophene rings is 1. The van der Waals surface area contributed by atoms with Crippen molar-refractivity contribution in [2.75, 3.05) is 5.32 Å². The van der Waals surface area contributed by atoms with Crippen LogP contribution >= 0.6 is 11.3 Å². The predicted molar refractivity (Wildman–Crippen MR) is 84.2 cm³/mol. The summed E-state index contributed by atoms with van der Waals surface area (Å²) >= 11 is 1.32. The van der Waals surface area contributed by atoms with Crippen LogP contribution in [-0.4, -0.2) is 29.7 Å². The van der Waals surface area contributed by atoms with Gasteiger partial charge in [-0.1, -0.05) is 0 Å². The lowest BCUT2D eigenvalue weighted by atomic mass is 10.0. The van der Waals surface area contributed by atoms with Crippen LogP contribution in [0.2, 0.25) is 0 Å². The van der Waals surface area contributed by atoms with Gasteiger partial charge in [0.25, 0.3) is 5.91 Å². The molecule has 1 aromatic rings. The van der Waals surface area contributed by atoms with Crippen LogP contribution in [0.25, 0.3) is 0 Å². The number of rotatable bonds is 4. The Morgan fingerprint density at radius 3 is 2.61 bits per heavy atom. The number of anilines is 1. The second kappa shape index (κ2) is 6.11. The summed E-state index contributed by atoms with van der Waals surface area (Å²) in [6, 6.07) is -0.725. The van der Waals surface area contributed by atoms with E-state index in [1.54, 1.807) is 0 Å². The second-order valence-corrected chi connectivity index (χ2v) is 6.71. The van der Waals surface area contributed by atoms with Crippen molar-refractivity contribution in [2.24, 2.45) is 0 Å². The SMILES string of the molecule is CC(=O)Nc1scc(C2CC2)c1C(=O)NC1CCC(=O)NC1=O. The fourth-order valence-corrected chi connectivity index (χ4v) is 3.70. The van der Waals surface area contributed by atoms with Gasteiger partial charge in [0.2, 0.25) is 17.7 Å². The van der Waals surface area contributed by atoms with Gasteiger partial charge < -0.3 is 10.6 Å². The van der Waals surface area contributed by atoms with Gasteiger partial charge in [0.05, 0.1) is 5.56 Å². The van der Waals surface area contributed by atoms with Gasteiger partial charge in [0, 0.05) is 13.3 Å². The molecule has 1 aromatic heterocycles. The first-order chi connectivity index (χ1) is 11.0. The standard InChI is InChI=1S/C15H17N3O4S/c1-7(19)16-15-12(9(6-23-15)8-2-3-8)14(22)17-10-4-5-11(20)18-13(10)21/h6,8,10H,2-5H2,1H3,(H,16,19)(H,17,22)(H,18,20,21). The maximum Gasteiger partial charge on any atom is 0.255 e. The molecule has 1 saturated carbocycles. The van der Waals surface area contributed by atoms with Crippen molar-refractivity contribution in [1.82, 2.24) is 10.6 Å². The number of hydrogen-bond donors (Lipinski definition) is 3. The highest BCUT2D eigenvalue weighted by molar-refractivity contribution is 7.15. The van der Waals surface area contributed by atoms with Gasteiger partial charge in [-0.2, -0.15) is 0 Å². The average Bonchev–Trinajstić information content (AvgIpc) is 3.23. The third-order valence-corrected chi connectivity index (χ3v) is 4.81. The molecule has 7 nitrogen and oxygen atoms in total. The molecule has 4 amide bonds. The van der Waals surface area contributed by atoms with Gasteiger partial charge >= 0.3 is 0 Å². The van der Waals surface area contributed by atoms with Crippen molar-refractivity contribution >= 4 is 40.0 Å². The minimum atomic E-state index is -0.725. The number of carbonyl (C=O) groups excluding carboxylic acids is 4. The summed E-state index contributed by atoms with van der Waals surface area (Å²) in [4.78, 5) is 46.9. The number of nitrogens with one attached hydrogen (secondary N) is 3. The lowest BCUT2D eigenvalue weighted by molar-refractivity contribution is -0.134. The summed E-state index contributed by atoms with van der Waals surface area (Å²) in [5, 5.41) is 9.97. The van der Waals surface area contributed by atoms with E-state index in [0.717, 1.165) is 18.4 Å². The smallest absolute Gasteiger partial charge is 0.255 e. The molecule has 0 radical (unpaired) electrons. The average molecular weight is 335 g/mol. The van der Waals surface area contributed by atoms with Gasteiger partial charge in [-0.3, -0.25) is 24.5 Å². The molecule has 3 rings (SSSR count). The Hall–Kier alpha value is -2.22. The largest absolute Gasteiger partial charge is 0.340 e. The molecule has 2 aliphatic rings. The van der Waals surface area contributed by atoms with E-state index in [1.807, 2.05) is 5.38 Å². The summed E-state index contributed by atoms with van der Waals surface area (Å²) in [6.45, 7) is 1.39. The van der Waals surface area contributed by atoms with E-state index in [1.165, 1.54) is 18.3 Å². The molecule has 122 valence electrons. The number of carbonyl (C=O) groups is 4. The molecule has 1 unspecified atom stereocenters. The van der Waals surface area contributed by atoms with Crippen molar-refractivity contribution in [3.63, 3.8) is 0 Å². The fourth-order valence-electron chi connectivity index (χ4n) is 2.61. The molecule has 2 fully saturated rings. The molecule has 1 aliphatic heterocycles. The van der Waals surface area contributed by atoms with Crippen molar-refractivity contribution in [3.8, 4) is 0 Å². The van der Waals surface area contributed by atoms with E-state index < -0.39 is 11.9 Å². The molecule has 1 atom stereocenters. The van der Waals surface area contributed by atoms with Gasteiger partial charge in [-0.15, -0.1) is 11.3 Å². The summed E-state index contributed by atoms with van der Waals surface area (Å²) in [7, 11) is 0. The molecule has 0 spiro atoms. The Bertz CT molecular complexity index is 693. The Balaban J connectivity index is 1.80. The maximum absolute atomic E-state index is 12.6. The lowest BCUT2D eigenvalue weighted by Gasteiger charge is -2.22. The highest BCUT2D eigenvalue weighted by atomic mass is 32.1. The Labute approximate surface area is 136 Å². The van der Waals surface area contributed by atoms with Crippen LogP contribution in [0, 0.1) is 0 Å². The third kappa shape index (κ3) is 3.42. The molecule has 1 aliphatic carbocycles. The van der Waals surface area contributed by atoms with Crippen LogP contribution in [-0.2, 0) is 14.4 Å². The van der Waals surface area contributed by atoms with Crippen LogP contribution in [0.3, 0.4) is 0 Å². The summed E-state index contributed by atoms with van der Waals surface area (Å²) < 4.78 is 0. The normalized spacial score (nSPS) is 20.8. The van der Waals surface area contributed by atoms with Gasteiger partial charge in [0.15, 0.2) is 0 Å². The Morgan fingerprint density at radius 2 is 2.00 bits per heavy atom. The van der Waals surface area contributed by atoms with Gasteiger partial charge in [-0.25, -0.2) is 0 Å². The molecule has 23 heavy (non-hydrogen) atoms. The fraction of sp³-hybridized carbons (Fsp3) is 0.467. The first kappa shape index (κ1) is 15.7. The number of amides is 4. The van der Waals surface area contributed by atoms with Crippen molar-refractivity contribution in [3.05, 3.63) is 16.5 Å². The van der Waals surface area contributed by atoms with Crippen LogP contribution in [0.4, 0.5) is 5.00 Å². The van der Waals surface area contributed by atoms with E-state index >= 15 is 0 Å². The van der Waals surface area contributed by atoms with Crippen LogP contribution in [0.5, 0.6) is 0 Å². The molecule has 3 N–H and O–H groups in total. The molecular weight excluding hydrogens is 318 g/mol. The summed E-state index contributed by atoms with van der Waals surface area (Å²) in [6.07, 6.45) is 2.53. The first-order valence-electron chi connectivity index (χ1n) is 7.49. The Kier molecular flexibility index (Phi) is 4.16. The van der Waals surface area contributed by atoms with Crippen molar-refractivity contribution in [1.29, 1.82) is 0 Å². The zero-order valence-corrected chi connectivity index (χ0v) is 13.4.